The minimum absolute atomic E-state index is 0.327. The molecular formula is C16H15NO2. The molecule has 2 heterocycles. The van der Waals surface area contributed by atoms with E-state index in [2.05, 4.69) is 41.7 Å². The van der Waals surface area contributed by atoms with E-state index in [0.717, 1.165) is 31.0 Å². The second kappa shape index (κ2) is 4.28. The number of rotatable bonds is 0. The summed E-state index contributed by atoms with van der Waals surface area (Å²) in [6, 6.07) is 12.8. The van der Waals surface area contributed by atoms with E-state index >= 15 is 0 Å². The van der Waals surface area contributed by atoms with Gasteiger partial charge in [0, 0.05) is 6.54 Å². The molecule has 0 spiro atoms. The number of fused-ring (bicyclic) bond motifs is 4. The fraction of sp³-hybridized carbons (Fsp3) is 0.250. The maximum atomic E-state index is 5.51. The molecule has 0 radical (unpaired) electrons. The number of hydrogen-bond acceptors (Lipinski definition) is 3. The summed E-state index contributed by atoms with van der Waals surface area (Å²) in [6.07, 6.45) is 1.06. The molecule has 0 bridgehead atoms. The summed E-state index contributed by atoms with van der Waals surface area (Å²) in [5.74, 6) is 1.72. The Labute approximate surface area is 112 Å². The highest BCUT2D eigenvalue weighted by atomic mass is 16.7. The predicted octanol–water partition coefficient (Wildman–Crippen LogP) is 2.73. The first-order valence-electron chi connectivity index (χ1n) is 6.63. The van der Waals surface area contributed by atoms with Gasteiger partial charge in [0.15, 0.2) is 11.5 Å². The molecule has 3 nitrogen and oxygen atoms in total. The van der Waals surface area contributed by atoms with E-state index in [1.807, 2.05) is 0 Å². The number of benzene rings is 2. The van der Waals surface area contributed by atoms with Crippen LogP contribution in [0, 0.1) is 0 Å². The third-order valence-electron chi connectivity index (χ3n) is 3.79. The minimum Gasteiger partial charge on any atom is -0.454 e. The van der Waals surface area contributed by atoms with Crippen LogP contribution >= 0.6 is 0 Å². The summed E-state index contributed by atoms with van der Waals surface area (Å²) in [5, 5.41) is 3.48. The summed E-state index contributed by atoms with van der Waals surface area (Å²) in [4.78, 5) is 0. The monoisotopic (exact) mass is 253 g/mol. The topological polar surface area (TPSA) is 30.5 Å². The van der Waals surface area contributed by atoms with Crippen molar-refractivity contribution in [1.82, 2.24) is 5.32 Å². The van der Waals surface area contributed by atoms with Crippen LogP contribution in [0.2, 0.25) is 0 Å². The molecule has 0 amide bonds. The lowest BCUT2D eigenvalue weighted by molar-refractivity contribution is 0.174. The average Bonchev–Trinajstić information content (AvgIpc) is 2.88. The second-order valence-electron chi connectivity index (χ2n) is 4.95. The van der Waals surface area contributed by atoms with Crippen LogP contribution in [0.1, 0.15) is 11.1 Å². The van der Waals surface area contributed by atoms with Crippen LogP contribution in [0.3, 0.4) is 0 Å². The predicted molar refractivity (Wildman–Crippen MR) is 73.4 cm³/mol. The third kappa shape index (κ3) is 1.78. The van der Waals surface area contributed by atoms with Gasteiger partial charge in [0.05, 0.1) is 0 Å². The van der Waals surface area contributed by atoms with Crippen molar-refractivity contribution in [1.29, 1.82) is 0 Å². The van der Waals surface area contributed by atoms with Gasteiger partial charge in [0.2, 0.25) is 6.79 Å². The van der Waals surface area contributed by atoms with Crippen LogP contribution in [0.4, 0.5) is 0 Å². The van der Waals surface area contributed by atoms with Gasteiger partial charge in [-0.3, -0.25) is 0 Å². The zero-order chi connectivity index (χ0) is 12.7. The van der Waals surface area contributed by atoms with Crippen molar-refractivity contribution >= 4 is 0 Å². The van der Waals surface area contributed by atoms with Crippen molar-refractivity contribution in [2.75, 3.05) is 13.3 Å². The molecule has 0 aromatic heterocycles. The van der Waals surface area contributed by atoms with Crippen molar-refractivity contribution < 1.29 is 9.47 Å². The van der Waals surface area contributed by atoms with Gasteiger partial charge in [0.1, 0.15) is 0 Å². The molecule has 19 heavy (non-hydrogen) atoms. The summed E-state index contributed by atoms with van der Waals surface area (Å²) >= 11 is 0. The molecule has 0 saturated carbocycles. The Morgan fingerprint density at radius 2 is 1.74 bits per heavy atom. The van der Waals surface area contributed by atoms with Crippen LogP contribution in [0.15, 0.2) is 36.4 Å². The highest BCUT2D eigenvalue weighted by molar-refractivity contribution is 5.74. The summed E-state index contributed by atoms with van der Waals surface area (Å²) < 4.78 is 11.0. The van der Waals surface area contributed by atoms with Gasteiger partial charge in [-0.2, -0.15) is 0 Å². The maximum absolute atomic E-state index is 5.51. The van der Waals surface area contributed by atoms with Gasteiger partial charge < -0.3 is 14.8 Å². The van der Waals surface area contributed by atoms with Crippen LogP contribution in [0.25, 0.3) is 11.1 Å². The molecule has 2 aromatic carbocycles. The van der Waals surface area contributed by atoms with E-state index in [9.17, 15) is 0 Å². The molecule has 0 fully saturated rings. The molecule has 2 aliphatic heterocycles. The second-order valence-corrected chi connectivity index (χ2v) is 4.95. The quantitative estimate of drug-likeness (QED) is 0.783. The fourth-order valence-corrected chi connectivity index (χ4v) is 2.83. The Morgan fingerprint density at radius 1 is 0.895 bits per heavy atom. The van der Waals surface area contributed by atoms with E-state index in [4.69, 9.17) is 9.47 Å². The van der Waals surface area contributed by atoms with Gasteiger partial charge in [-0.1, -0.05) is 24.3 Å². The molecule has 96 valence electrons. The molecule has 2 aliphatic rings. The van der Waals surface area contributed by atoms with Crippen LogP contribution in [-0.2, 0) is 13.0 Å². The van der Waals surface area contributed by atoms with Crippen LogP contribution < -0.4 is 14.8 Å². The molecule has 0 atom stereocenters. The summed E-state index contributed by atoms with van der Waals surface area (Å²) in [5.41, 5.74) is 5.23. The zero-order valence-electron chi connectivity index (χ0n) is 10.6. The molecule has 4 rings (SSSR count). The summed E-state index contributed by atoms with van der Waals surface area (Å²) in [7, 11) is 0. The van der Waals surface area contributed by atoms with E-state index < -0.39 is 0 Å². The minimum atomic E-state index is 0.327. The normalized spacial score (nSPS) is 16.2. The first-order chi connectivity index (χ1) is 9.42. The van der Waals surface area contributed by atoms with Gasteiger partial charge >= 0.3 is 0 Å². The summed E-state index contributed by atoms with van der Waals surface area (Å²) in [6.45, 7) is 2.21. The van der Waals surface area contributed by atoms with Gasteiger partial charge in [-0.15, -0.1) is 0 Å². The Hall–Kier alpha value is -2.00. The highest BCUT2D eigenvalue weighted by Gasteiger charge is 2.20. The molecule has 0 unspecified atom stereocenters. The lowest BCUT2D eigenvalue weighted by atomic mass is 9.92. The molecule has 3 heteroatoms. The van der Waals surface area contributed by atoms with E-state index in [1.165, 1.54) is 22.3 Å². The number of hydrogen-bond donors (Lipinski definition) is 1. The van der Waals surface area contributed by atoms with Crippen molar-refractivity contribution in [3.63, 3.8) is 0 Å². The molecule has 0 saturated heterocycles. The first kappa shape index (κ1) is 10.9. The fourth-order valence-electron chi connectivity index (χ4n) is 2.83. The van der Waals surface area contributed by atoms with Gasteiger partial charge in [0.25, 0.3) is 0 Å². The molecular weight excluding hydrogens is 238 g/mol. The number of ether oxygens (including phenoxy) is 2. The standard InChI is InChI=1S/C16H15NO2/c1-2-4-13-11(3-1)5-6-17-9-12-7-15-16(8-14(12)13)19-10-18-15/h1-4,7-8,17H,5-6,9-10H2. The Balaban J connectivity index is 1.95. The highest BCUT2D eigenvalue weighted by Crippen LogP contribution is 2.40. The van der Waals surface area contributed by atoms with E-state index in [0.29, 0.717) is 6.79 Å². The van der Waals surface area contributed by atoms with Crippen LogP contribution in [-0.4, -0.2) is 13.3 Å². The molecule has 1 N–H and O–H groups in total. The van der Waals surface area contributed by atoms with Crippen molar-refractivity contribution in [3.8, 4) is 22.6 Å². The SMILES string of the molecule is c1ccc2c(c1)CCNCc1cc3c(cc1-2)OCO3. The average molecular weight is 253 g/mol. The lowest BCUT2D eigenvalue weighted by Gasteiger charge is -2.18. The maximum Gasteiger partial charge on any atom is 0.231 e. The Kier molecular flexibility index (Phi) is 2.45. The first-order valence-corrected chi connectivity index (χ1v) is 6.63. The largest absolute Gasteiger partial charge is 0.454 e. The van der Waals surface area contributed by atoms with Crippen LogP contribution in [0.5, 0.6) is 11.5 Å². The van der Waals surface area contributed by atoms with Crippen molar-refractivity contribution in [2.24, 2.45) is 0 Å². The van der Waals surface area contributed by atoms with Gasteiger partial charge in [-0.05, 0) is 47.4 Å². The smallest absolute Gasteiger partial charge is 0.231 e. The third-order valence-corrected chi connectivity index (χ3v) is 3.79. The van der Waals surface area contributed by atoms with E-state index in [1.54, 1.807) is 0 Å². The van der Waals surface area contributed by atoms with Crippen molar-refractivity contribution in [3.05, 3.63) is 47.5 Å². The van der Waals surface area contributed by atoms with Crippen molar-refractivity contribution in [2.45, 2.75) is 13.0 Å². The van der Waals surface area contributed by atoms with E-state index in [-0.39, 0.29) is 0 Å². The Morgan fingerprint density at radius 3 is 2.68 bits per heavy atom. The van der Waals surface area contributed by atoms with Gasteiger partial charge in [-0.25, -0.2) is 0 Å². The molecule has 2 aromatic rings. The number of nitrogens with one attached hydrogen (secondary N) is 1. The Bertz CT molecular complexity index is 637. The lowest BCUT2D eigenvalue weighted by Crippen LogP contribution is -2.19. The molecule has 0 aliphatic carbocycles. The zero-order valence-corrected chi connectivity index (χ0v) is 10.6.